The molecule has 0 radical (unpaired) electrons. The zero-order valence-corrected chi connectivity index (χ0v) is 10.2. The van der Waals surface area contributed by atoms with Crippen molar-refractivity contribution in [1.29, 1.82) is 0 Å². The minimum atomic E-state index is 1.11. The van der Waals surface area contributed by atoms with Crippen LogP contribution in [0.1, 0.15) is 30.5 Å². The number of aryl methyl sites for hydroxylation is 1. The van der Waals surface area contributed by atoms with Gasteiger partial charge in [0.15, 0.2) is 0 Å². The lowest BCUT2D eigenvalue weighted by Crippen LogP contribution is -1.84. The van der Waals surface area contributed by atoms with Gasteiger partial charge in [0.25, 0.3) is 0 Å². The third-order valence-corrected chi connectivity index (χ3v) is 3.09. The van der Waals surface area contributed by atoms with Gasteiger partial charge in [-0.15, -0.1) is 0 Å². The fraction of sp³-hybridized carbons (Fsp3) is 0.250. The highest BCUT2D eigenvalue weighted by Crippen LogP contribution is 2.37. The van der Waals surface area contributed by atoms with E-state index in [0.29, 0.717) is 0 Å². The van der Waals surface area contributed by atoms with Gasteiger partial charge in [0.1, 0.15) is 0 Å². The van der Waals surface area contributed by atoms with Crippen LogP contribution in [0.3, 0.4) is 0 Å². The molecule has 16 heavy (non-hydrogen) atoms. The zero-order chi connectivity index (χ0) is 11.5. The summed E-state index contributed by atoms with van der Waals surface area (Å²) in [4.78, 5) is 0. The van der Waals surface area contributed by atoms with Crippen molar-refractivity contribution >= 4 is 0 Å². The number of hydrogen-bond acceptors (Lipinski definition) is 0. The van der Waals surface area contributed by atoms with E-state index >= 15 is 0 Å². The minimum absolute atomic E-state index is 1.11. The molecular weight excluding hydrogens is 192 g/mol. The summed E-state index contributed by atoms with van der Waals surface area (Å²) < 4.78 is 0. The molecule has 0 fully saturated rings. The summed E-state index contributed by atoms with van der Waals surface area (Å²) >= 11 is 0. The number of benzene rings is 2. The number of fused-ring (bicyclic) bond motifs is 3. The van der Waals surface area contributed by atoms with Crippen molar-refractivity contribution < 1.29 is 0 Å². The van der Waals surface area contributed by atoms with Gasteiger partial charge in [-0.2, -0.15) is 0 Å². The maximum Gasteiger partial charge on any atom is -0.00108 e. The molecule has 0 heterocycles. The molecule has 0 atom stereocenters. The van der Waals surface area contributed by atoms with E-state index in [2.05, 4.69) is 49.4 Å². The topological polar surface area (TPSA) is 0 Å². The van der Waals surface area contributed by atoms with E-state index < -0.39 is 0 Å². The smallest absolute Gasteiger partial charge is 0.00108 e. The van der Waals surface area contributed by atoms with Crippen molar-refractivity contribution in [3.8, 4) is 11.1 Å². The fourth-order valence-corrected chi connectivity index (χ4v) is 2.32. The third-order valence-electron chi connectivity index (χ3n) is 3.09. The highest BCUT2D eigenvalue weighted by atomic mass is 14.2. The highest BCUT2D eigenvalue weighted by molar-refractivity contribution is 5.77. The second-order valence-electron chi connectivity index (χ2n) is 3.93. The summed E-state index contributed by atoms with van der Waals surface area (Å²) in [5, 5.41) is 0. The first kappa shape index (κ1) is 10.9. The van der Waals surface area contributed by atoms with Crippen molar-refractivity contribution in [2.45, 2.75) is 27.2 Å². The van der Waals surface area contributed by atoms with Crippen molar-refractivity contribution in [3.05, 3.63) is 59.2 Å². The molecule has 0 aliphatic heterocycles. The third kappa shape index (κ3) is 1.65. The number of rotatable bonds is 0. The summed E-state index contributed by atoms with van der Waals surface area (Å²) in [5.41, 5.74) is 7.25. The minimum Gasteiger partial charge on any atom is -0.0683 e. The molecule has 0 nitrogen and oxygen atoms in total. The van der Waals surface area contributed by atoms with Gasteiger partial charge in [0, 0.05) is 0 Å². The van der Waals surface area contributed by atoms with Gasteiger partial charge < -0.3 is 0 Å². The fourth-order valence-electron chi connectivity index (χ4n) is 2.32. The van der Waals surface area contributed by atoms with Crippen LogP contribution in [-0.2, 0) is 6.42 Å². The standard InChI is InChI=1S/C14H12.C2H6/c1-10-5-4-8-13-12-7-3-2-6-11(12)9-14(10)13;1-2/h2-8H,9H2,1H3;1-2H3. The Morgan fingerprint density at radius 2 is 1.50 bits per heavy atom. The Kier molecular flexibility index (Phi) is 3.09. The molecule has 0 bridgehead atoms. The van der Waals surface area contributed by atoms with Crippen LogP contribution in [-0.4, -0.2) is 0 Å². The van der Waals surface area contributed by atoms with Gasteiger partial charge in [-0.3, -0.25) is 0 Å². The van der Waals surface area contributed by atoms with Crippen molar-refractivity contribution in [1.82, 2.24) is 0 Å². The quantitative estimate of drug-likeness (QED) is 0.509. The molecule has 0 unspecified atom stereocenters. The lowest BCUT2D eigenvalue weighted by molar-refractivity contribution is 1.22. The number of hydrogen-bond donors (Lipinski definition) is 0. The van der Waals surface area contributed by atoms with E-state index in [-0.39, 0.29) is 0 Å². The Morgan fingerprint density at radius 3 is 2.31 bits per heavy atom. The monoisotopic (exact) mass is 210 g/mol. The second-order valence-corrected chi connectivity index (χ2v) is 3.93. The summed E-state index contributed by atoms with van der Waals surface area (Å²) in [6.07, 6.45) is 1.11. The van der Waals surface area contributed by atoms with E-state index in [1.807, 2.05) is 13.8 Å². The van der Waals surface area contributed by atoms with Crippen LogP contribution in [0.5, 0.6) is 0 Å². The van der Waals surface area contributed by atoms with Crippen LogP contribution >= 0.6 is 0 Å². The summed E-state index contributed by atoms with van der Waals surface area (Å²) in [5.74, 6) is 0. The predicted octanol–water partition coefficient (Wildman–Crippen LogP) is 4.59. The lowest BCUT2D eigenvalue weighted by Gasteiger charge is -2.02. The maximum atomic E-state index is 2.23. The first-order valence-electron chi connectivity index (χ1n) is 6.03. The van der Waals surface area contributed by atoms with E-state index in [4.69, 9.17) is 0 Å². The maximum absolute atomic E-state index is 2.23. The van der Waals surface area contributed by atoms with Crippen LogP contribution in [0.25, 0.3) is 11.1 Å². The van der Waals surface area contributed by atoms with E-state index in [0.717, 1.165) is 6.42 Å². The molecular formula is C16H18. The van der Waals surface area contributed by atoms with Crippen LogP contribution in [0.2, 0.25) is 0 Å². The highest BCUT2D eigenvalue weighted by Gasteiger charge is 2.18. The second kappa shape index (κ2) is 4.52. The Balaban J connectivity index is 0.000000457. The molecule has 0 spiro atoms. The molecule has 1 aliphatic rings. The summed E-state index contributed by atoms with van der Waals surface area (Å²) in [7, 11) is 0. The first-order chi connectivity index (χ1) is 7.86. The Morgan fingerprint density at radius 1 is 0.812 bits per heavy atom. The van der Waals surface area contributed by atoms with Crippen LogP contribution in [0.4, 0.5) is 0 Å². The van der Waals surface area contributed by atoms with Gasteiger partial charge in [0.05, 0.1) is 0 Å². The lowest BCUT2D eigenvalue weighted by atomic mass is 10.0. The van der Waals surface area contributed by atoms with Gasteiger partial charge >= 0.3 is 0 Å². The van der Waals surface area contributed by atoms with Crippen LogP contribution in [0.15, 0.2) is 42.5 Å². The van der Waals surface area contributed by atoms with Crippen LogP contribution in [0, 0.1) is 6.92 Å². The van der Waals surface area contributed by atoms with E-state index in [1.54, 1.807) is 0 Å². The van der Waals surface area contributed by atoms with Crippen molar-refractivity contribution in [2.24, 2.45) is 0 Å². The molecule has 2 aromatic carbocycles. The normalized spacial score (nSPS) is 11.2. The van der Waals surface area contributed by atoms with Crippen molar-refractivity contribution in [2.75, 3.05) is 0 Å². The molecule has 3 rings (SSSR count). The van der Waals surface area contributed by atoms with E-state index in [9.17, 15) is 0 Å². The van der Waals surface area contributed by atoms with Gasteiger partial charge in [-0.1, -0.05) is 56.3 Å². The summed E-state index contributed by atoms with van der Waals surface area (Å²) in [6, 6.07) is 15.3. The molecule has 0 aromatic heterocycles. The molecule has 0 saturated carbocycles. The van der Waals surface area contributed by atoms with Crippen LogP contribution < -0.4 is 0 Å². The molecule has 0 N–H and O–H groups in total. The average Bonchev–Trinajstić information content (AvgIpc) is 2.72. The molecule has 0 heteroatoms. The average molecular weight is 210 g/mol. The Labute approximate surface area is 97.9 Å². The largest absolute Gasteiger partial charge is 0.0683 e. The SMILES string of the molecule is CC.Cc1cccc2c1Cc1ccccc1-2. The molecule has 1 aliphatic carbocycles. The van der Waals surface area contributed by atoms with Gasteiger partial charge in [0.2, 0.25) is 0 Å². The first-order valence-corrected chi connectivity index (χ1v) is 6.03. The molecule has 0 amide bonds. The zero-order valence-electron chi connectivity index (χ0n) is 10.2. The summed E-state index contributed by atoms with van der Waals surface area (Å²) in [6.45, 7) is 6.20. The molecule has 2 aromatic rings. The Hall–Kier alpha value is -1.56. The van der Waals surface area contributed by atoms with Crippen molar-refractivity contribution in [3.63, 3.8) is 0 Å². The molecule has 82 valence electrons. The van der Waals surface area contributed by atoms with Gasteiger partial charge in [-0.25, -0.2) is 0 Å². The predicted molar refractivity (Wildman–Crippen MR) is 70.8 cm³/mol. The molecule has 0 saturated heterocycles. The van der Waals surface area contributed by atoms with E-state index in [1.165, 1.54) is 27.8 Å². The van der Waals surface area contributed by atoms with Gasteiger partial charge in [-0.05, 0) is 41.2 Å². The Bertz CT molecular complexity index is 495.